The van der Waals surface area contributed by atoms with Gasteiger partial charge in [0.2, 0.25) is 11.8 Å². The predicted molar refractivity (Wildman–Crippen MR) is 87.4 cm³/mol. The van der Waals surface area contributed by atoms with Gasteiger partial charge in [0.25, 0.3) is 0 Å². The number of piperidine rings is 1. The van der Waals surface area contributed by atoms with Crippen molar-refractivity contribution in [2.45, 2.75) is 38.5 Å². The number of hydrogen-bond acceptors (Lipinski definition) is 3. The molecule has 2 amide bonds. The molecule has 2 aliphatic heterocycles. The molecule has 0 aliphatic carbocycles. The molecular formula is C17H29N3O2. The number of carbonyl (C=O) groups is 2. The van der Waals surface area contributed by atoms with Gasteiger partial charge in [0.1, 0.15) is 0 Å². The lowest BCUT2D eigenvalue weighted by molar-refractivity contribution is -0.137. The molecule has 0 aromatic carbocycles. The van der Waals surface area contributed by atoms with Gasteiger partial charge < -0.3 is 10.2 Å². The quantitative estimate of drug-likeness (QED) is 0.781. The first-order chi connectivity index (χ1) is 10.7. The van der Waals surface area contributed by atoms with Crippen LogP contribution in [0.15, 0.2) is 12.7 Å². The lowest BCUT2D eigenvalue weighted by atomic mass is 9.95. The normalized spacial score (nSPS) is 21.2. The van der Waals surface area contributed by atoms with Crippen LogP contribution in [0.3, 0.4) is 0 Å². The number of likely N-dealkylation sites (tertiary alicyclic amines) is 2. The third-order valence-electron chi connectivity index (χ3n) is 4.67. The van der Waals surface area contributed by atoms with Crippen LogP contribution in [0.2, 0.25) is 0 Å². The van der Waals surface area contributed by atoms with Gasteiger partial charge in [-0.15, -0.1) is 6.58 Å². The molecule has 2 rings (SSSR count). The minimum atomic E-state index is 0.0391. The Morgan fingerprint density at radius 1 is 1.05 bits per heavy atom. The molecule has 0 bridgehead atoms. The van der Waals surface area contributed by atoms with Gasteiger partial charge in [-0.2, -0.15) is 0 Å². The Labute approximate surface area is 133 Å². The molecule has 0 spiro atoms. The van der Waals surface area contributed by atoms with Crippen LogP contribution in [0.5, 0.6) is 0 Å². The van der Waals surface area contributed by atoms with E-state index in [0.717, 1.165) is 51.9 Å². The van der Waals surface area contributed by atoms with Crippen LogP contribution in [-0.4, -0.2) is 60.9 Å². The largest absolute Gasteiger partial charge is 0.352 e. The van der Waals surface area contributed by atoms with Gasteiger partial charge >= 0.3 is 0 Å². The second-order valence-electron chi connectivity index (χ2n) is 6.38. The summed E-state index contributed by atoms with van der Waals surface area (Å²) in [6, 6.07) is 0. The first-order valence-electron chi connectivity index (χ1n) is 8.59. The highest BCUT2D eigenvalue weighted by molar-refractivity contribution is 5.79. The van der Waals surface area contributed by atoms with Crippen LogP contribution in [0.1, 0.15) is 38.5 Å². The first kappa shape index (κ1) is 17.0. The molecule has 0 aromatic rings. The Hall–Kier alpha value is -1.36. The average molecular weight is 307 g/mol. The molecule has 0 aromatic heterocycles. The molecule has 0 radical (unpaired) electrons. The summed E-state index contributed by atoms with van der Waals surface area (Å²) >= 11 is 0. The summed E-state index contributed by atoms with van der Waals surface area (Å²) in [5, 5.41) is 2.80. The van der Waals surface area contributed by atoms with E-state index in [2.05, 4.69) is 21.7 Å². The summed E-state index contributed by atoms with van der Waals surface area (Å²) in [6.07, 6.45) is 8.24. The van der Waals surface area contributed by atoms with Crippen LogP contribution < -0.4 is 5.32 Å². The van der Waals surface area contributed by atoms with Crippen LogP contribution in [0.4, 0.5) is 0 Å². The van der Waals surface area contributed by atoms with Crippen molar-refractivity contribution in [3.05, 3.63) is 12.7 Å². The molecule has 5 heteroatoms. The standard InChI is InChI=1S/C17H29N3O2/c1-2-9-18-16(21)14-19-12-7-15(8-13-19)17(22)20-10-5-3-4-6-11-20/h2,15H,1,3-14H2,(H,18,21). The topological polar surface area (TPSA) is 52.7 Å². The zero-order valence-electron chi connectivity index (χ0n) is 13.6. The average Bonchev–Trinajstić information content (AvgIpc) is 2.82. The van der Waals surface area contributed by atoms with Crippen molar-refractivity contribution in [3.63, 3.8) is 0 Å². The fourth-order valence-corrected chi connectivity index (χ4v) is 3.33. The van der Waals surface area contributed by atoms with Crippen molar-refractivity contribution in [1.29, 1.82) is 0 Å². The van der Waals surface area contributed by atoms with E-state index >= 15 is 0 Å². The van der Waals surface area contributed by atoms with E-state index in [9.17, 15) is 9.59 Å². The fourth-order valence-electron chi connectivity index (χ4n) is 3.33. The zero-order valence-corrected chi connectivity index (χ0v) is 13.6. The number of nitrogens with zero attached hydrogens (tertiary/aromatic N) is 2. The minimum absolute atomic E-state index is 0.0391. The van der Waals surface area contributed by atoms with E-state index in [0.29, 0.717) is 19.0 Å². The Bertz CT molecular complexity index is 381. The van der Waals surface area contributed by atoms with Crippen LogP contribution in [0.25, 0.3) is 0 Å². The van der Waals surface area contributed by atoms with Crippen molar-refractivity contribution in [1.82, 2.24) is 15.1 Å². The van der Waals surface area contributed by atoms with Gasteiger partial charge in [0, 0.05) is 25.6 Å². The SMILES string of the molecule is C=CCNC(=O)CN1CCC(C(=O)N2CCCCCC2)CC1. The summed E-state index contributed by atoms with van der Waals surface area (Å²) in [5.41, 5.74) is 0. The van der Waals surface area contributed by atoms with E-state index in [1.54, 1.807) is 6.08 Å². The van der Waals surface area contributed by atoms with E-state index in [1.807, 2.05) is 0 Å². The van der Waals surface area contributed by atoms with E-state index in [-0.39, 0.29) is 11.8 Å². The van der Waals surface area contributed by atoms with Gasteiger partial charge in [-0.05, 0) is 38.8 Å². The molecule has 0 atom stereocenters. The maximum atomic E-state index is 12.6. The van der Waals surface area contributed by atoms with E-state index in [1.165, 1.54) is 12.8 Å². The zero-order chi connectivity index (χ0) is 15.8. The molecule has 0 saturated carbocycles. The third kappa shape index (κ3) is 5.13. The highest BCUT2D eigenvalue weighted by Gasteiger charge is 2.29. The molecule has 2 saturated heterocycles. The highest BCUT2D eigenvalue weighted by Crippen LogP contribution is 2.21. The molecule has 2 aliphatic rings. The summed E-state index contributed by atoms with van der Waals surface area (Å²) in [7, 11) is 0. The van der Waals surface area contributed by atoms with Crippen LogP contribution >= 0.6 is 0 Å². The maximum Gasteiger partial charge on any atom is 0.234 e. The van der Waals surface area contributed by atoms with Gasteiger partial charge in [-0.3, -0.25) is 14.5 Å². The van der Waals surface area contributed by atoms with Gasteiger partial charge in [0.05, 0.1) is 6.54 Å². The minimum Gasteiger partial charge on any atom is -0.352 e. The molecule has 2 fully saturated rings. The summed E-state index contributed by atoms with van der Waals surface area (Å²) in [5.74, 6) is 0.542. The van der Waals surface area contributed by atoms with Crippen molar-refractivity contribution < 1.29 is 9.59 Å². The van der Waals surface area contributed by atoms with Crippen molar-refractivity contribution in [2.75, 3.05) is 39.3 Å². The fraction of sp³-hybridized carbons (Fsp3) is 0.765. The van der Waals surface area contributed by atoms with Gasteiger partial charge in [0.15, 0.2) is 0 Å². The maximum absolute atomic E-state index is 12.6. The van der Waals surface area contributed by atoms with E-state index < -0.39 is 0 Å². The molecule has 124 valence electrons. The Morgan fingerprint density at radius 2 is 1.68 bits per heavy atom. The number of hydrogen-bond donors (Lipinski definition) is 1. The Morgan fingerprint density at radius 3 is 2.27 bits per heavy atom. The second kappa shape index (κ2) is 8.93. The molecule has 0 unspecified atom stereocenters. The molecule has 22 heavy (non-hydrogen) atoms. The lowest BCUT2D eigenvalue weighted by Crippen LogP contribution is -2.45. The first-order valence-corrected chi connectivity index (χ1v) is 8.59. The molecular weight excluding hydrogens is 278 g/mol. The smallest absolute Gasteiger partial charge is 0.234 e. The number of nitrogens with one attached hydrogen (secondary N) is 1. The Balaban J connectivity index is 1.72. The predicted octanol–water partition coefficient (Wildman–Crippen LogP) is 1.40. The van der Waals surface area contributed by atoms with Crippen molar-refractivity contribution in [3.8, 4) is 0 Å². The van der Waals surface area contributed by atoms with Gasteiger partial charge in [-0.1, -0.05) is 18.9 Å². The number of carbonyl (C=O) groups excluding carboxylic acids is 2. The lowest BCUT2D eigenvalue weighted by Gasteiger charge is -2.33. The van der Waals surface area contributed by atoms with Crippen LogP contribution in [0, 0.1) is 5.92 Å². The summed E-state index contributed by atoms with van der Waals surface area (Å²) in [6.45, 7) is 8.08. The second-order valence-corrected chi connectivity index (χ2v) is 6.38. The van der Waals surface area contributed by atoms with Crippen LogP contribution in [-0.2, 0) is 9.59 Å². The summed E-state index contributed by atoms with van der Waals surface area (Å²) in [4.78, 5) is 28.5. The van der Waals surface area contributed by atoms with Gasteiger partial charge in [-0.25, -0.2) is 0 Å². The third-order valence-corrected chi connectivity index (χ3v) is 4.67. The molecule has 2 heterocycles. The van der Waals surface area contributed by atoms with E-state index in [4.69, 9.17) is 0 Å². The van der Waals surface area contributed by atoms with Crippen molar-refractivity contribution in [2.24, 2.45) is 5.92 Å². The summed E-state index contributed by atoms with van der Waals surface area (Å²) < 4.78 is 0. The molecule has 5 nitrogen and oxygen atoms in total. The van der Waals surface area contributed by atoms with Crippen molar-refractivity contribution >= 4 is 11.8 Å². The highest BCUT2D eigenvalue weighted by atomic mass is 16.2. The molecule has 1 N–H and O–H groups in total. The Kier molecular flexibility index (Phi) is 6.90. The monoisotopic (exact) mass is 307 g/mol. The number of rotatable bonds is 5. The number of amides is 2.